The average molecular weight is 265 g/mol. The van der Waals surface area contributed by atoms with Crippen LogP contribution in [0.15, 0.2) is 27.3 Å². The Kier molecular flexibility index (Phi) is 2.34. The van der Waals surface area contributed by atoms with Gasteiger partial charge in [-0.3, -0.25) is 0 Å². The molecule has 3 rings (SSSR count). The van der Waals surface area contributed by atoms with E-state index >= 15 is 0 Å². The summed E-state index contributed by atoms with van der Waals surface area (Å²) in [4.78, 5) is 4.42. The number of nitrogen functional groups attached to an aromatic ring is 1. The molecule has 5 heteroatoms. The van der Waals surface area contributed by atoms with Gasteiger partial charge in [0.2, 0.25) is 5.89 Å². The Balaban J connectivity index is 2.24. The third-order valence-corrected chi connectivity index (χ3v) is 3.78. The van der Waals surface area contributed by atoms with Crippen LogP contribution in [0.2, 0.25) is 5.02 Å². The molecular weight excluding hydrogens is 256 g/mol. The molecule has 0 unspecified atom stereocenters. The maximum Gasteiger partial charge on any atom is 0.228 e. The second-order valence-electron chi connectivity index (χ2n) is 3.83. The molecule has 2 N–H and O–H groups in total. The number of halogens is 1. The van der Waals surface area contributed by atoms with Crippen LogP contribution < -0.4 is 5.73 Å². The van der Waals surface area contributed by atoms with E-state index in [4.69, 9.17) is 21.8 Å². The number of hydrogen-bond acceptors (Lipinski definition) is 4. The number of aromatic nitrogens is 1. The van der Waals surface area contributed by atoms with Crippen molar-refractivity contribution in [1.29, 1.82) is 0 Å². The monoisotopic (exact) mass is 264 g/mol. The fraction of sp³-hybridized carbons (Fsp3) is 0.0833. The first-order valence-electron chi connectivity index (χ1n) is 5.04. The molecule has 0 spiro atoms. The van der Waals surface area contributed by atoms with Crippen molar-refractivity contribution in [2.24, 2.45) is 0 Å². The lowest BCUT2D eigenvalue weighted by molar-refractivity contribution is 0.620. The number of rotatable bonds is 1. The van der Waals surface area contributed by atoms with Crippen LogP contribution in [0, 0.1) is 6.92 Å². The summed E-state index contributed by atoms with van der Waals surface area (Å²) in [7, 11) is 0. The minimum Gasteiger partial charge on any atom is -0.436 e. The molecule has 0 aliphatic carbocycles. The van der Waals surface area contributed by atoms with Crippen LogP contribution in [0.3, 0.4) is 0 Å². The van der Waals surface area contributed by atoms with Crippen molar-refractivity contribution in [3.8, 4) is 11.5 Å². The molecular formula is C12H9ClN2OS. The number of anilines is 1. The van der Waals surface area contributed by atoms with Gasteiger partial charge in [-0.15, -0.1) is 0 Å². The van der Waals surface area contributed by atoms with E-state index in [1.54, 1.807) is 23.5 Å². The van der Waals surface area contributed by atoms with Gasteiger partial charge in [0.1, 0.15) is 5.52 Å². The van der Waals surface area contributed by atoms with Crippen LogP contribution in [0.1, 0.15) is 5.56 Å². The van der Waals surface area contributed by atoms with Gasteiger partial charge in [0.15, 0.2) is 5.58 Å². The van der Waals surface area contributed by atoms with Gasteiger partial charge in [0, 0.05) is 11.4 Å². The minimum atomic E-state index is 0.499. The van der Waals surface area contributed by atoms with E-state index in [2.05, 4.69) is 10.4 Å². The molecule has 2 aromatic heterocycles. The van der Waals surface area contributed by atoms with Crippen molar-refractivity contribution < 1.29 is 4.42 Å². The Morgan fingerprint density at radius 1 is 1.35 bits per heavy atom. The number of nitrogens with two attached hydrogens (primary N) is 1. The highest BCUT2D eigenvalue weighted by Crippen LogP contribution is 2.32. The molecule has 1 aromatic carbocycles. The number of hydrogen-bond donors (Lipinski definition) is 1. The second-order valence-corrected chi connectivity index (χ2v) is 4.98. The lowest BCUT2D eigenvalue weighted by atomic mass is 10.2. The lowest BCUT2D eigenvalue weighted by Gasteiger charge is -1.94. The summed E-state index contributed by atoms with van der Waals surface area (Å²) < 4.78 is 5.69. The average Bonchev–Trinajstić information content (AvgIpc) is 2.85. The van der Waals surface area contributed by atoms with E-state index in [0.717, 1.165) is 16.6 Å². The molecule has 0 aliphatic heterocycles. The summed E-state index contributed by atoms with van der Waals surface area (Å²) in [6.07, 6.45) is 0. The van der Waals surface area contributed by atoms with Gasteiger partial charge in [-0.05, 0) is 23.9 Å². The van der Waals surface area contributed by atoms with Gasteiger partial charge in [-0.25, -0.2) is 4.98 Å². The summed E-state index contributed by atoms with van der Waals surface area (Å²) in [5, 5.41) is 4.58. The molecule has 0 saturated heterocycles. The molecule has 0 radical (unpaired) electrons. The quantitative estimate of drug-likeness (QED) is 0.673. The van der Waals surface area contributed by atoms with Gasteiger partial charge in [-0.2, -0.15) is 11.3 Å². The highest BCUT2D eigenvalue weighted by atomic mass is 35.5. The van der Waals surface area contributed by atoms with E-state index in [1.165, 1.54) is 0 Å². The van der Waals surface area contributed by atoms with Crippen LogP contribution in [-0.2, 0) is 0 Å². The first-order chi connectivity index (χ1) is 8.15. The fourth-order valence-electron chi connectivity index (χ4n) is 1.66. The normalized spacial score (nSPS) is 11.2. The van der Waals surface area contributed by atoms with Gasteiger partial charge in [0.05, 0.1) is 16.3 Å². The predicted molar refractivity (Wildman–Crippen MR) is 71.5 cm³/mol. The first kappa shape index (κ1) is 10.6. The van der Waals surface area contributed by atoms with Crippen LogP contribution in [0.4, 0.5) is 5.69 Å². The fourth-order valence-corrected chi connectivity index (χ4v) is 2.64. The van der Waals surface area contributed by atoms with E-state index in [-0.39, 0.29) is 0 Å². The van der Waals surface area contributed by atoms with Gasteiger partial charge in [-0.1, -0.05) is 11.6 Å². The van der Waals surface area contributed by atoms with Crippen molar-refractivity contribution in [3.63, 3.8) is 0 Å². The standard InChI is InChI=1S/C12H9ClN2OS/c1-6-4-17-5-7(6)12-15-10-2-8(13)9(14)3-11(10)16-12/h2-5H,14H2,1H3. The summed E-state index contributed by atoms with van der Waals surface area (Å²) in [6.45, 7) is 2.03. The summed E-state index contributed by atoms with van der Waals surface area (Å²) >= 11 is 7.57. The third-order valence-electron chi connectivity index (χ3n) is 2.59. The number of thiophene rings is 1. The zero-order valence-electron chi connectivity index (χ0n) is 9.03. The third kappa shape index (κ3) is 1.69. The highest BCUT2D eigenvalue weighted by molar-refractivity contribution is 7.08. The molecule has 3 nitrogen and oxygen atoms in total. The Morgan fingerprint density at radius 2 is 2.18 bits per heavy atom. The topological polar surface area (TPSA) is 52.0 Å². The van der Waals surface area contributed by atoms with Gasteiger partial charge in [0.25, 0.3) is 0 Å². The number of nitrogens with zero attached hydrogens (tertiary/aromatic N) is 1. The molecule has 0 amide bonds. The molecule has 0 aliphatic rings. The van der Waals surface area contributed by atoms with Crippen molar-refractivity contribution in [3.05, 3.63) is 33.5 Å². The smallest absolute Gasteiger partial charge is 0.228 e. The molecule has 86 valence electrons. The minimum absolute atomic E-state index is 0.499. The Labute approximate surface area is 107 Å². The highest BCUT2D eigenvalue weighted by Gasteiger charge is 2.12. The van der Waals surface area contributed by atoms with Gasteiger partial charge < -0.3 is 10.2 Å². The van der Waals surface area contributed by atoms with E-state index in [0.29, 0.717) is 22.2 Å². The SMILES string of the molecule is Cc1cscc1-c1nc2cc(Cl)c(N)cc2o1. The molecule has 2 heterocycles. The lowest BCUT2D eigenvalue weighted by Crippen LogP contribution is -1.84. The number of benzene rings is 1. The van der Waals surface area contributed by atoms with Crippen LogP contribution in [0.25, 0.3) is 22.6 Å². The van der Waals surface area contributed by atoms with Crippen LogP contribution in [-0.4, -0.2) is 4.98 Å². The van der Waals surface area contributed by atoms with Crippen molar-refractivity contribution >= 4 is 39.7 Å². The number of aryl methyl sites for hydroxylation is 1. The zero-order chi connectivity index (χ0) is 12.0. The zero-order valence-corrected chi connectivity index (χ0v) is 10.6. The molecule has 17 heavy (non-hydrogen) atoms. The maximum absolute atomic E-state index is 5.95. The van der Waals surface area contributed by atoms with E-state index in [9.17, 15) is 0 Å². The van der Waals surface area contributed by atoms with Crippen LogP contribution in [0.5, 0.6) is 0 Å². The summed E-state index contributed by atoms with van der Waals surface area (Å²) in [5.74, 6) is 0.611. The van der Waals surface area contributed by atoms with Crippen molar-refractivity contribution in [2.75, 3.05) is 5.73 Å². The predicted octanol–water partition coefficient (Wildman–Crippen LogP) is 4.10. The van der Waals surface area contributed by atoms with Crippen molar-refractivity contribution in [2.45, 2.75) is 6.92 Å². The van der Waals surface area contributed by atoms with Gasteiger partial charge >= 0.3 is 0 Å². The maximum atomic E-state index is 5.95. The Morgan fingerprint density at radius 3 is 2.88 bits per heavy atom. The second kappa shape index (κ2) is 3.75. The summed E-state index contributed by atoms with van der Waals surface area (Å²) in [5.41, 5.74) is 9.78. The Bertz CT molecular complexity index is 663. The number of oxazole rings is 1. The largest absolute Gasteiger partial charge is 0.436 e. The van der Waals surface area contributed by atoms with Crippen LogP contribution >= 0.6 is 22.9 Å². The molecule has 0 bridgehead atoms. The molecule has 0 atom stereocenters. The summed E-state index contributed by atoms with van der Waals surface area (Å²) in [6, 6.07) is 3.43. The molecule has 0 saturated carbocycles. The van der Waals surface area contributed by atoms with Crippen molar-refractivity contribution in [1.82, 2.24) is 4.98 Å². The van der Waals surface area contributed by atoms with E-state index in [1.807, 2.05) is 12.3 Å². The first-order valence-corrected chi connectivity index (χ1v) is 6.36. The Hall–Kier alpha value is -1.52. The molecule has 3 aromatic rings. The number of fused-ring (bicyclic) bond motifs is 1. The van der Waals surface area contributed by atoms with E-state index < -0.39 is 0 Å². The molecule has 0 fully saturated rings.